The molecule has 0 atom stereocenters. The van der Waals surface area contributed by atoms with Gasteiger partial charge in [0.05, 0.1) is 16.8 Å². The summed E-state index contributed by atoms with van der Waals surface area (Å²) < 4.78 is 8.07. The van der Waals surface area contributed by atoms with Crippen molar-refractivity contribution in [1.29, 1.82) is 0 Å². The minimum Gasteiger partial charge on any atom is -0.454 e. The molecule has 8 nitrogen and oxygen atoms in total. The van der Waals surface area contributed by atoms with Crippen molar-refractivity contribution in [3.05, 3.63) is 117 Å². The van der Waals surface area contributed by atoms with Crippen molar-refractivity contribution >= 4 is 22.4 Å². The van der Waals surface area contributed by atoms with Gasteiger partial charge in [0.1, 0.15) is 12.3 Å². The van der Waals surface area contributed by atoms with Crippen molar-refractivity contribution < 1.29 is 9.53 Å². The van der Waals surface area contributed by atoms with Crippen molar-refractivity contribution in [2.24, 2.45) is 0 Å². The Morgan fingerprint density at radius 2 is 1.67 bits per heavy atom. The molecule has 0 bridgehead atoms. The van der Waals surface area contributed by atoms with E-state index in [-0.39, 0.29) is 23.4 Å². The summed E-state index contributed by atoms with van der Waals surface area (Å²) in [6.45, 7) is 1.67. The van der Waals surface area contributed by atoms with Crippen LogP contribution in [0.4, 0.5) is 0 Å². The van der Waals surface area contributed by atoms with Crippen LogP contribution in [0.25, 0.3) is 22.1 Å². The lowest BCUT2D eigenvalue weighted by Crippen LogP contribution is -2.25. The lowest BCUT2D eigenvalue weighted by atomic mass is 10.1. The number of aryl methyl sites for hydroxylation is 1. The Morgan fingerprint density at radius 3 is 2.45 bits per heavy atom. The molecule has 5 aromatic rings. The second-order valence-corrected chi connectivity index (χ2v) is 7.54. The first kappa shape index (κ1) is 20.3. The summed E-state index contributed by atoms with van der Waals surface area (Å²) >= 11 is 0. The second kappa shape index (κ2) is 8.16. The lowest BCUT2D eigenvalue weighted by molar-refractivity contribution is 0.0461. The highest BCUT2D eigenvalue weighted by molar-refractivity contribution is 6.02. The molecule has 5 rings (SSSR count). The van der Waals surface area contributed by atoms with Gasteiger partial charge >= 0.3 is 5.97 Å². The van der Waals surface area contributed by atoms with Gasteiger partial charge in [0.25, 0.3) is 11.1 Å². The van der Waals surface area contributed by atoms with E-state index in [4.69, 9.17) is 4.74 Å². The Morgan fingerprint density at radius 1 is 0.939 bits per heavy atom. The molecule has 3 heterocycles. The number of benzene rings is 2. The molecule has 0 aliphatic carbocycles. The lowest BCUT2D eigenvalue weighted by Gasteiger charge is -2.11. The van der Waals surface area contributed by atoms with E-state index in [2.05, 4.69) is 10.1 Å². The van der Waals surface area contributed by atoms with Crippen LogP contribution in [0.1, 0.15) is 21.7 Å². The largest absolute Gasteiger partial charge is 0.454 e. The maximum absolute atomic E-state index is 13.0. The molecule has 0 amide bonds. The van der Waals surface area contributed by atoms with Crippen molar-refractivity contribution in [3.63, 3.8) is 0 Å². The Hall–Kier alpha value is -4.59. The summed E-state index contributed by atoms with van der Waals surface area (Å²) in [5, 5.41) is 5.04. The number of carbonyl (C=O) groups is 1. The fourth-order valence-electron chi connectivity index (χ4n) is 3.62. The molecule has 0 radical (unpaired) electrons. The third kappa shape index (κ3) is 3.78. The molecule has 0 fully saturated rings. The molecular weight excluding hydrogens is 420 g/mol. The van der Waals surface area contributed by atoms with E-state index in [1.807, 2.05) is 19.1 Å². The molecule has 0 saturated carbocycles. The van der Waals surface area contributed by atoms with E-state index >= 15 is 0 Å². The van der Waals surface area contributed by atoms with E-state index < -0.39 is 5.97 Å². The molecule has 0 N–H and O–H groups in total. The maximum Gasteiger partial charge on any atom is 0.359 e. The van der Waals surface area contributed by atoms with E-state index in [0.717, 1.165) is 5.56 Å². The van der Waals surface area contributed by atoms with E-state index in [9.17, 15) is 14.4 Å². The molecule has 8 heteroatoms. The van der Waals surface area contributed by atoms with Gasteiger partial charge in [0.15, 0.2) is 5.69 Å². The van der Waals surface area contributed by atoms with Crippen LogP contribution in [0.5, 0.6) is 0 Å². The second-order valence-electron chi connectivity index (χ2n) is 7.54. The quantitative estimate of drug-likeness (QED) is 0.400. The standard InChI is InChI=1S/C25H18N4O4/c1-16-11-12-21-26-17(13-22(30)28(21)14-16)15-33-25(32)23-19-9-5-6-10-20(19)24(31)29(27-23)18-7-3-2-4-8-18/h2-14H,15H2,1H3. The van der Waals surface area contributed by atoms with Crippen LogP contribution in [-0.2, 0) is 11.3 Å². The number of nitrogens with zero attached hydrogens (tertiary/aromatic N) is 4. The molecule has 3 aromatic heterocycles. The van der Waals surface area contributed by atoms with Crippen molar-refractivity contribution in [1.82, 2.24) is 19.2 Å². The fraction of sp³-hybridized carbons (Fsp3) is 0.0800. The first-order chi connectivity index (χ1) is 16.0. The monoisotopic (exact) mass is 438 g/mol. The van der Waals surface area contributed by atoms with Gasteiger partial charge in [-0.25, -0.2) is 9.78 Å². The number of carbonyl (C=O) groups excluding carboxylic acids is 1. The Labute approximate surface area is 187 Å². The Kier molecular flexibility index (Phi) is 5.02. The number of aromatic nitrogens is 4. The van der Waals surface area contributed by atoms with E-state index in [1.54, 1.807) is 60.8 Å². The molecule has 33 heavy (non-hydrogen) atoms. The molecule has 162 valence electrons. The highest BCUT2D eigenvalue weighted by Gasteiger charge is 2.19. The zero-order valence-corrected chi connectivity index (χ0v) is 17.6. The Balaban J connectivity index is 1.52. The van der Waals surface area contributed by atoms with E-state index in [0.29, 0.717) is 27.8 Å². The molecule has 0 unspecified atom stereocenters. The number of rotatable bonds is 4. The molecular formula is C25H18N4O4. The van der Waals surface area contributed by atoms with Gasteiger partial charge in [-0.2, -0.15) is 9.78 Å². The molecule has 0 spiro atoms. The predicted molar refractivity (Wildman–Crippen MR) is 123 cm³/mol. The van der Waals surface area contributed by atoms with Gasteiger partial charge in [-0.15, -0.1) is 0 Å². The first-order valence-electron chi connectivity index (χ1n) is 10.2. The normalized spacial score (nSPS) is 11.1. The van der Waals surface area contributed by atoms with Crippen molar-refractivity contribution in [2.75, 3.05) is 0 Å². The summed E-state index contributed by atoms with van der Waals surface area (Å²) in [6.07, 6.45) is 1.70. The predicted octanol–water partition coefficient (Wildman–Crippen LogP) is 3.06. The third-order valence-corrected chi connectivity index (χ3v) is 5.21. The smallest absolute Gasteiger partial charge is 0.359 e. The maximum atomic E-state index is 13.0. The summed E-state index contributed by atoms with van der Waals surface area (Å²) in [4.78, 5) is 42.8. The zero-order chi connectivity index (χ0) is 22.9. The molecule has 0 aliphatic heterocycles. The van der Waals surface area contributed by atoms with Crippen LogP contribution in [-0.4, -0.2) is 25.1 Å². The highest BCUT2D eigenvalue weighted by Crippen LogP contribution is 2.16. The van der Waals surface area contributed by atoms with Crippen LogP contribution >= 0.6 is 0 Å². The highest BCUT2D eigenvalue weighted by atomic mass is 16.5. The number of esters is 1. The van der Waals surface area contributed by atoms with Crippen LogP contribution < -0.4 is 11.1 Å². The average molecular weight is 438 g/mol. The van der Waals surface area contributed by atoms with Crippen LogP contribution in [0.2, 0.25) is 0 Å². The summed E-state index contributed by atoms with van der Waals surface area (Å²) in [5.74, 6) is -0.721. The van der Waals surface area contributed by atoms with Crippen LogP contribution in [0.15, 0.2) is 88.6 Å². The zero-order valence-electron chi connectivity index (χ0n) is 17.6. The topological polar surface area (TPSA) is 95.6 Å². The van der Waals surface area contributed by atoms with Gasteiger partial charge in [0.2, 0.25) is 0 Å². The van der Waals surface area contributed by atoms with Crippen LogP contribution in [0, 0.1) is 6.92 Å². The summed E-state index contributed by atoms with van der Waals surface area (Å²) in [5.41, 5.74) is 1.63. The van der Waals surface area contributed by atoms with Crippen molar-refractivity contribution in [3.8, 4) is 5.69 Å². The van der Waals surface area contributed by atoms with E-state index in [1.165, 1.54) is 15.1 Å². The van der Waals surface area contributed by atoms with Crippen LogP contribution in [0.3, 0.4) is 0 Å². The molecule has 0 aliphatic rings. The number of hydrogen-bond donors (Lipinski definition) is 0. The van der Waals surface area contributed by atoms with Gasteiger partial charge in [-0.3, -0.25) is 14.0 Å². The number of para-hydroxylation sites is 1. The minimum atomic E-state index is -0.721. The summed E-state index contributed by atoms with van der Waals surface area (Å²) in [7, 11) is 0. The molecule has 2 aromatic carbocycles. The Bertz CT molecular complexity index is 1640. The fourth-order valence-corrected chi connectivity index (χ4v) is 3.62. The van der Waals surface area contributed by atoms with Gasteiger partial charge in [-0.1, -0.05) is 42.5 Å². The summed E-state index contributed by atoms with van der Waals surface area (Å²) in [6, 6.07) is 20.5. The number of fused-ring (bicyclic) bond motifs is 2. The SMILES string of the molecule is Cc1ccc2nc(COC(=O)c3nn(-c4ccccc4)c(=O)c4ccccc34)cc(=O)n2c1. The number of pyridine rings is 1. The first-order valence-corrected chi connectivity index (χ1v) is 10.2. The van der Waals surface area contributed by atoms with Crippen molar-refractivity contribution in [2.45, 2.75) is 13.5 Å². The average Bonchev–Trinajstić information content (AvgIpc) is 2.84. The number of hydrogen-bond acceptors (Lipinski definition) is 6. The number of ether oxygens (including phenoxy) is 1. The third-order valence-electron chi connectivity index (χ3n) is 5.21. The molecule has 0 saturated heterocycles. The van der Waals surface area contributed by atoms with Gasteiger partial charge < -0.3 is 4.74 Å². The minimum absolute atomic E-state index is 0.00203. The van der Waals surface area contributed by atoms with Gasteiger partial charge in [-0.05, 0) is 36.8 Å². The van der Waals surface area contributed by atoms with Gasteiger partial charge in [0, 0.05) is 17.6 Å².